The predicted octanol–water partition coefficient (Wildman–Crippen LogP) is 4.56. The average Bonchev–Trinajstić information content (AvgIpc) is 3.29. The first kappa shape index (κ1) is 22.1. The van der Waals surface area contributed by atoms with Crippen LogP contribution >= 0.6 is 0 Å². The minimum absolute atomic E-state index is 0.537. The Bertz CT molecular complexity index is 1440. The highest BCUT2D eigenvalue weighted by Gasteiger charge is 2.20. The second kappa shape index (κ2) is 8.42. The number of nitrogens with zero attached hydrogens (tertiary/aromatic N) is 4. The Kier molecular flexibility index (Phi) is 5.63. The number of allylic oxidation sites excluding steroid dienone is 1. The molecule has 170 valence electrons. The van der Waals surface area contributed by atoms with Gasteiger partial charge in [-0.3, -0.25) is 4.99 Å². The largest absolute Gasteiger partial charge is 0.496 e. The van der Waals surface area contributed by atoms with Crippen LogP contribution in [-0.2, 0) is 0 Å². The summed E-state index contributed by atoms with van der Waals surface area (Å²) >= 11 is 0. The van der Waals surface area contributed by atoms with Crippen molar-refractivity contribution in [3.8, 4) is 16.9 Å². The van der Waals surface area contributed by atoms with E-state index in [4.69, 9.17) is 15.0 Å². The van der Waals surface area contributed by atoms with E-state index in [0.717, 1.165) is 44.4 Å². The Morgan fingerprint density at radius 3 is 2.64 bits per heavy atom. The van der Waals surface area contributed by atoms with E-state index >= 15 is 0 Å². The highest BCUT2D eigenvalue weighted by atomic mass is 16.5. The number of anilines is 1. The molecule has 0 aliphatic carbocycles. The fourth-order valence-corrected chi connectivity index (χ4v) is 3.81. The summed E-state index contributed by atoms with van der Waals surface area (Å²) in [6.07, 6.45) is 1.73. The molecule has 3 heterocycles. The second-order valence-corrected chi connectivity index (χ2v) is 7.88. The van der Waals surface area contributed by atoms with Gasteiger partial charge in [0.1, 0.15) is 34.6 Å². The molecule has 33 heavy (non-hydrogen) atoms. The molecule has 0 spiro atoms. The first-order valence-electron chi connectivity index (χ1n) is 10.4. The van der Waals surface area contributed by atoms with Crippen LogP contribution in [0, 0.1) is 20.8 Å². The average molecular weight is 446 g/mol. The molecule has 4 aromatic rings. The van der Waals surface area contributed by atoms with Crippen molar-refractivity contribution >= 4 is 33.6 Å². The molecule has 0 amide bonds. The van der Waals surface area contributed by atoms with E-state index in [1.165, 1.54) is 0 Å². The van der Waals surface area contributed by atoms with Gasteiger partial charge in [-0.05, 0) is 45.4 Å². The summed E-state index contributed by atoms with van der Waals surface area (Å²) in [6, 6.07) is 4.00. The number of amidine groups is 1. The summed E-state index contributed by atoms with van der Waals surface area (Å²) in [7, 11) is 3.33. The van der Waals surface area contributed by atoms with Crippen LogP contribution in [0.15, 0.2) is 45.6 Å². The molecule has 9 nitrogen and oxygen atoms in total. The van der Waals surface area contributed by atoms with Crippen molar-refractivity contribution in [2.75, 3.05) is 19.5 Å². The first-order chi connectivity index (χ1) is 15.7. The predicted molar refractivity (Wildman–Crippen MR) is 132 cm³/mol. The standard InChI is InChI=1S/C24H27N7O2/c1-11(2)17(25)10-20(26-6)30-24-22-15-9-19(32-7)16(21-12(3)31-33-13(21)4)8-18(15)29-23(22)27-14(5)28-24/h8-10H,1,25H2,2-7H3,(H2,26,27,28,29,30). The maximum atomic E-state index is 6.06. The summed E-state index contributed by atoms with van der Waals surface area (Å²) < 4.78 is 11.1. The molecule has 0 unspecified atom stereocenters. The first-order valence-corrected chi connectivity index (χ1v) is 10.4. The van der Waals surface area contributed by atoms with E-state index in [9.17, 15) is 0 Å². The number of nitrogens with two attached hydrogens (primary N) is 1. The van der Waals surface area contributed by atoms with Crippen molar-refractivity contribution in [1.82, 2.24) is 20.1 Å². The lowest BCUT2D eigenvalue weighted by atomic mass is 10.0. The van der Waals surface area contributed by atoms with Crippen LogP contribution < -0.4 is 15.8 Å². The van der Waals surface area contributed by atoms with Crippen LogP contribution in [0.3, 0.4) is 0 Å². The Morgan fingerprint density at radius 1 is 1.27 bits per heavy atom. The number of fused-ring (bicyclic) bond motifs is 3. The van der Waals surface area contributed by atoms with E-state index in [1.807, 2.05) is 39.8 Å². The molecule has 0 radical (unpaired) electrons. The zero-order valence-corrected chi connectivity index (χ0v) is 19.6. The van der Waals surface area contributed by atoms with Gasteiger partial charge >= 0.3 is 0 Å². The lowest BCUT2D eigenvalue weighted by Gasteiger charge is -2.11. The van der Waals surface area contributed by atoms with Crippen LogP contribution in [0.2, 0.25) is 0 Å². The smallest absolute Gasteiger partial charge is 0.145 e. The second-order valence-electron chi connectivity index (χ2n) is 7.88. The zero-order chi connectivity index (χ0) is 23.9. The lowest BCUT2D eigenvalue weighted by Crippen LogP contribution is -2.14. The maximum absolute atomic E-state index is 6.06. The quantitative estimate of drug-likeness (QED) is 0.233. The molecule has 1 aromatic carbocycles. The van der Waals surface area contributed by atoms with Crippen molar-refractivity contribution in [2.45, 2.75) is 27.7 Å². The molecule has 0 atom stereocenters. The highest BCUT2D eigenvalue weighted by Crippen LogP contribution is 2.40. The van der Waals surface area contributed by atoms with E-state index in [2.05, 4.69) is 37.0 Å². The Balaban J connectivity index is 1.94. The number of nitrogens with one attached hydrogen (secondary N) is 2. The van der Waals surface area contributed by atoms with Crippen LogP contribution in [0.25, 0.3) is 33.1 Å². The normalized spacial score (nSPS) is 12.5. The van der Waals surface area contributed by atoms with Gasteiger partial charge in [0.2, 0.25) is 0 Å². The van der Waals surface area contributed by atoms with Crippen molar-refractivity contribution < 1.29 is 9.26 Å². The molecule has 0 fully saturated rings. The summed E-state index contributed by atoms with van der Waals surface area (Å²) in [5.41, 5.74) is 11.5. The maximum Gasteiger partial charge on any atom is 0.145 e. The summed E-state index contributed by atoms with van der Waals surface area (Å²) in [4.78, 5) is 17.0. The third kappa shape index (κ3) is 3.93. The van der Waals surface area contributed by atoms with Gasteiger partial charge in [-0.1, -0.05) is 11.7 Å². The number of benzene rings is 1. The van der Waals surface area contributed by atoms with Gasteiger partial charge in [-0.2, -0.15) is 0 Å². The number of methoxy groups -OCH3 is 1. The molecule has 0 saturated carbocycles. The molecule has 0 aliphatic heterocycles. The van der Waals surface area contributed by atoms with Crippen molar-refractivity contribution in [3.63, 3.8) is 0 Å². The van der Waals surface area contributed by atoms with E-state index < -0.39 is 0 Å². The van der Waals surface area contributed by atoms with Gasteiger partial charge < -0.3 is 25.3 Å². The number of H-pyrrole nitrogens is 1. The molecule has 9 heteroatoms. The van der Waals surface area contributed by atoms with E-state index in [-0.39, 0.29) is 0 Å². The number of hydrogen-bond donors (Lipinski definition) is 3. The number of rotatable bonds is 5. The van der Waals surface area contributed by atoms with Crippen molar-refractivity contribution in [2.24, 2.45) is 10.7 Å². The molecule has 4 N–H and O–H groups in total. The van der Waals surface area contributed by atoms with Gasteiger partial charge in [-0.15, -0.1) is 0 Å². The SMILES string of the molecule is C=C(C)C(N)=CC(=NC)Nc1nc(C)nc2[nH]c3cc(-c4c(C)noc4C)c(OC)cc3c12. The minimum atomic E-state index is 0.537. The Hall–Kier alpha value is -4.14. The molecular weight excluding hydrogens is 418 g/mol. The summed E-state index contributed by atoms with van der Waals surface area (Å²) in [5, 5.41) is 9.11. The molecule has 0 saturated heterocycles. The lowest BCUT2D eigenvalue weighted by molar-refractivity contribution is 0.393. The number of aromatic nitrogens is 4. The topological polar surface area (TPSA) is 127 Å². The molecule has 3 aromatic heterocycles. The molecular formula is C24H27N7O2. The fourth-order valence-electron chi connectivity index (χ4n) is 3.81. The molecule has 0 aliphatic rings. The Morgan fingerprint density at radius 2 is 2.03 bits per heavy atom. The van der Waals surface area contributed by atoms with Crippen molar-refractivity contribution in [3.05, 3.63) is 53.3 Å². The highest BCUT2D eigenvalue weighted by molar-refractivity contribution is 6.16. The summed E-state index contributed by atoms with van der Waals surface area (Å²) in [5.74, 6) is 3.21. The van der Waals surface area contributed by atoms with Crippen molar-refractivity contribution in [1.29, 1.82) is 0 Å². The van der Waals surface area contributed by atoms with Crippen LogP contribution in [0.1, 0.15) is 24.2 Å². The number of aromatic amines is 1. The fraction of sp³-hybridized carbons (Fsp3) is 0.250. The van der Waals surface area contributed by atoms with Crippen LogP contribution in [0.4, 0.5) is 5.82 Å². The van der Waals surface area contributed by atoms with Gasteiger partial charge in [0.15, 0.2) is 0 Å². The number of aliphatic imine (C=N–C) groups is 1. The summed E-state index contributed by atoms with van der Waals surface area (Å²) in [6.45, 7) is 11.4. The van der Waals surface area contributed by atoms with Gasteiger partial charge in [0, 0.05) is 35.3 Å². The molecule has 0 bridgehead atoms. The molecule has 4 rings (SSSR count). The monoisotopic (exact) mass is 445 g/mol. The number of ether oxygens (including phenoxy) is 1. The third-order valence-electron chi connectivity index (χ3n) is 5.46. The third-order valence-corrected chi connectivity index (χ3v) is 5.46. The van der Waals surface area contributed by atoms with Gasteiger partial charge in [-0.25, -0.2) is 9.97 Å². The zero-order valence-electron chi connectivity index (χ0n) is 19.6. The minimum Gasteiger partial charge on any atom is -0.496 e. The Labute approximate surface area is 191 Å². The van der Waals surface area contributed by atoms with Gasteiger partial charge in [0.25, 0.3) is 0 Å². The van der Waals surface area contributed by atoms with E-state index in [0.29, 0.717) is 34.6 Å². The van der Waals surface area contributed by atoms with Crippen LogP contribution in [0.5, 0.6) is 5.75 Å². The van der Waals surface area contributed by atoms with E-state index in [1.54, 1.807) is 20.2 Å². The number of aryl methyl sites for hydroxylation is 3. The van der Waals surface area contributed by atoms with Crippen LogP contribution in [-0.4, -0.2) is 40.1 Å². The van der Waals surface area contributed by atoms with Gasteiger partial charge in [0.05, 0.1) is 23.8 Å². The number of hydrogen-bond acceptors (Lipinski definition) is 7.